The van der Waals surface area contributed by atoms with Crippen LogP contribution in [0.5, 0.6) is 11.5 Å². The summed E-state index contributed by atoms with van der Waals surface area (Å²) in [6.45, 7) is 3.62. The molecule has 0 atom stereocenters. The van der Waals surface area contributed by atoms with Crippen LogP contribution < -0.4 is 9.47 Å². The lowest BCUT2D eigenvalue weighted by Crippen LogP contribution is -2.07. The average molecular weight is 281 g/mol. The second-order valence-electron chi connectivity index (χ2n) is 3.96. The zero-order valence-corrected chi connectivity index (χ0v) is 12.0. The molecule has 0 fully saturated rings. The van der Waals surface area contributed by atoms with Crippen LogP contribution in [0, 0.1) is 6.92 Å². The molecule has 110 valence electrons. The van der Waals surface area contributed by atoms with E-state index in [0.29, 0.717) is 43.6 Å². The Morgan fingerprint density at radius 3 is 2.15 bits per heavy atom. The predicted molar refractivity (Wildman–Crippen MR) is 74.7 cm³/mol. The van der Waals surface area contributed by atoms with Crippen molar-refractivity contribution in [3.05, 3.63) is 28.1 Å². The molecule has 20 heavy (non-hydrogen) atoms. The van der Waals surface area contributed by atoms with E-state index >= 15 is 0 Å². The third-order valence-electron chi connectivity index (χ3n) is 2.50. The van der Waals surface area contributed by atoms with Crippen LogP contribution in [-0.2, 0) is 9.47 Å². The van der Waals surface area contributed by atoms with E-state index in [1.807, 2.05) is 6.92 Å². The van der Waals surface area contributed by atoms with Gasteiger partial charge >= 0.3 is 0 Å². The van der Waals surface area contributed by atoms with Crippen molar-refractivity contribution >= 4 is 5.69 Å². The quantitative estimate of drug-likeness (QED) is 0.301. The molecule has 0 heterocycles. The van der Waals surface area contributed by atoms with Crippen molar-refractivity contribution in [3.63, 3.8) is 0 Å². The summed E-state index contributed by atoms with van der Waals surface area (Å²) in [6.07, 6.45) is 0. The first-order chi connectivity index (χ1) is 9.72. The van der Waals surface area contributed by atoms with Gasteiger partial charge < -0.3 is 18.9 Å². The van der Waals surface area contributed by atoms with Crippen LogP contribution in [0.4, 0.5) is 5.69 Å². The van der Waals surface area contributed by atoms with Crippen LogP contribution in [0.1, 0.15) is 5.56 Å². The molecule has 0 bridgehead atoms. The molecule has 0 saturated carbocycles. The minimum absolute atomic E-state index is 0.366. The van der Waals surface area contributed by atoms with E-state index < -0.39 is 0 Å². The van der Waals surface area contributed by atoms with Gasteiger partial charge in [0.15, 0.2) is 0 Å². The summed E-state index contributed by atoms with van der Waals surface area (Å²) >= 11 is 0. The minimum Gasteiger partial charge on any atom is -0.491 e. The fourth-order valence-electron chi connectivity index (χ4n) is 1.52. The van der Waals surface area contributed by atoms with Crippen molar-refractivity contribution in [2.75, 3.05) is 40.6 Å². The van der Waals surface area contributed by atoms with Gasteiger partial charge in [0.25, 0.3) is 0 Å². The van der Waals surface area contributed by atoms with Gasteiger partial charge in [-0.3, -0.25) is 0 Å². The number of benzene rings is 1. The molecule has 0 saturated heterocycles. The molecule has 0 aliphatic heterocycles. The molecule has 1 aromatic rings. The Kier molecular flexibility index (Phi) is 7.27. The van der Waals surface area contributed by atoms with Crippen molar-refractivity contribution in [3.8, 4) is 11.5 Å². The summed E-state index contributed by atoms with van der Waals surface area (Å²) in [5.41, 5.74) is 9.87. The van der Waals surface area contributed by atoms with Gasteiger partial charge in [-0.25, -0.2) is 0 Å². The Morgan fingerprint density at radius 2 is 1.60 bits per heavy atom. The van der Waals surface area contributed by atoms with Crippen molar-refractivity contribution in [2.45, 2.75) is 6.92 Å². The van der Waals surface area contributed by atoms with Crippen LogP contribution in [0.15, 0.2) is 17.2 Å². The highest BCUT2D eigenvalue weighted by molar-refractivity contribution is 5.58. The molecule has 7 nitrogen and oxygen atoms in total. The molecular formula is C13H19N3O4. The Labute approximate surface area is 118 Å². The molecule has 1 aromatic carbocycles. The molecule has 0 aliphatic carbocycles. The van der Waals surface area contributed by atoms with E-state index in [4.69, 9.17) is 24.5 Å². The highest BCUT2D eigenvalue weighted by atomic mass is 16.5. The number of azide groups is 1. The molecule has 0 spiro atoms. The number of nitrogens with zero attached hydrogens (tertiary/aromatic N) is 3. The molecule has 0 unspecified atom stereocenters. The van der Waals surface area contributed by atoms with E-state index in [9.17, 15) is 0 Å². The number of hydrogen-bond acceptors (Lipinski definition) is 5. The fraction of sp³-hybridized carbons (Fsp3) is 0.538. The van der Waals surface area contributed by atoms with Gasteiger partial charge in [-0.05, 0) is 24.1 Å². The van der Waals surface area contributed by atoms with Crippen molar-refractivity contribution < 1.29 is 18.9 Å². The topological polar surface area (TPSA) is 85.7 Å². The average Bonchev–Trinajstić information content (AvgIpc) is 2.43. The Hall–Kier alpha value is -1.95. The number of ether oxygens (including phenoxy) is 4. The SMILES string of the molecule is COCCOc1cc(OCCOC)c(N=[N+]=[N-])cc1C. The Bertz CT molecular complexity index is 473. The minimum atomic E-state index is 0.366. The van der Waals surface area contributed by atoms with E-state index in [1.54, 1.807) is 26.4 Å². The summed E-state index contributed by atoms with van der Waals surface area (Å²) in [4.78, 5) is 2.79. The number of rotatable bonds is 9. The van der Waals surface area contributed by atoms with E-state index in [-0.39, 0.29) is 0 Å². The maximum absolute atomic E-state index is 8.58. The highest BCUT2D eigenvalue weighted by Gasteiger charge is 2.09. The highest BCUT2D eigenvalue weighted by Crippen LogP contribution is 2.35. The summed E-state index contributed by atoms with van der Waals surface area (Å²) in [6, 6.07) is 3.44. The second kappa shape index (κ2) is 9.03. The maximum Gasteiger partial charge on any atom is 0.132 e. The van der Waals surface area contributed by atoms with E-state index in [1.165, 1.54) is 0 Å². The predicted octanol–water partition coefficient (Wildman–Crippen LogP) is 2.99. The van der Waals surface area contributed by atoms with E-state index in [0.717, 1.165) is 5.56 Å². The normalized spacial score (nSPS) is 9.95. The van der Waals surface area contributed by atoms with Crippen LogP contribution in [-0.4, -0.2) is 40.6 Å². The number of hydrogen-bond donors (Lipinski definition) is 0. The van der Waals surface area contributed by atoms with Gasteiger partial charge in [0.2, 0.25) is 0 Å². The summed E-state index contributed by atoms with van der Waals surface area (Å²) < 4.78 is 21.0. The monoisotopic (exact) mass is 281 g/mol. The molecule has 0 aliphatic rings. The summed E-state index contributed by atoms with van der Waals surface area (Å²) in [5.74, 6) is 1.14. The zero-order valence-electron chi connectivity index (χ0n) is 12.0. The zero-order chi connectivity index (χ0) is 14.8. The first kappa shape index (κ1) is 16.1. The molecule has 0 N–H and O–H groups in total. The molecule has 1 rings (SSSR count). The Morgan fingerprint density at radius 1 is 1.00 bits per heavy atom. The molecule has 0 aromatic heterocycles. The second-order valence-corrected chi connectivity index (χ2v) is 3.96. The van der Waals surface area contributed by atoms with Crippen LogP contribution in [0.25, 0.3) is 10.4 Å². The lowest BCUT2D eigenvalue weighted by Gasteiger charge is -2.14. The van der Waals surface area contributed by atoms with Gasteiger partial charge in [-0.15, -0.1) is 0 Å². The molecule has 7 heteroatoms. The third kappa shape index (κ3) is 4.97. The van der Waals surface area contributed by atoms with Crippen LogP contribution in [0.3, 0.4) is 0 Å². The van der Waals surface area contributed by atoms with Gasteiger partial charge in [-0.1, -0.05) is 5.11 Å². The lowest BCUT2D eigenvalue weighted by molar-refractivity contribution is 0.142. The van der Waals surface area contributed by atoms with Crippen LogP contribution >= 0.6 is 0 Å². The largest absolute Gasteiger partial charge is 0.491 e. The standard InChI is InChI=1S/C13H19N3O4/c1-10-8-11(15-16-14)13(20-7-5-18-3)9-12(10)19-6-4-17-2/h8-9H,4-7H2,1-3H3. The number of aryl methyl sites for hydroxylation is 1. The van der Waals surface area contributed by atoms with Gasteiger partial charge in [-0.2, -0.15) is 0 Å². The Balaban J connectivity index is 2.90. The molecular weight excluding hydrogens is 262 g/mol. The summed E-state index contributed by atoms with van der Waals surface area (Å²) in [7, 11) is 3.20. The van der Waals surface area contributed by atoms with Crippen molar-refractivity contribution in [1.29, 1.82) is 0 Å². The summed E-state index contributed by atoms with van der Waals surface area (Å²) in [5, 5.41) is 3.62. The molecule has 0 amide bonds. The van der Waals surface area contributed by atoms with Gasteiger partial charge in [0.05, 0.1) is 18.9 Å². The van der Waals surface area contributed by atoms with Gasteiger partial charge in [0, 0.05) is 25.2 Å². The third-order valence-corrected chi connectivity index (χ3v) is 2.50. The van der Waals surface area contributed by atoms with E-state index in [2.05, 4.69) is 10.0 Å². The molecule has 0 radical (unpaired) electrons. The number of methoxy groups -OCH3 is 2. The van der Waals surface area contributed by atoms with Crippen molar-refractivity contribution in [2.24, 2.45) is 5.11 Å². The lowest BCUT2D eigenvalue weighted by atomic mass is 10.2. The first-order valence-electron chi connectivity index (χ1n) is 6.16. The fourth-order valence-corrected chi connectivity index (χ4v) is 1.52. The first-order valence-corrected chi connectivity index (χ1v) is 6.16. The maximum atomic E-state index is 8.58. The van der Waals surface area contributed by atoms with Crippen molar-refractivity contribution in [1.82, 2.24) is 0 Å². The van der Waals surface area contributed by atoms with Crippen LogP contribution in [0.2, 0.25) is 0 Å². The van der Waals surface area contributed by atoms with Gasteiger partial charge in [0.1, 0.15) is 24.7 Å². The smallest absolute Gasteiger partial charge is 0.132 e.